The van der Waals surface area contributed by atoms with E-state index in [2.05, 4.69) is 25.7 Å². The fourth-order valence-corrected chi connectivity index (χ4v) is 11.4. The number of nitrogens with two attached hydrogens (primary N) is 5. The van der Waals surface area contributed by atoms with Crippen molar-refractivity contribution in [3.63, 3.8) is 0 Å². The lowest BCUT2D eigenvalue weighted by Crippen LogP contribution is -2.63. The van der Waals surface area contributed by atoms with Gasteiger partial charge in [0.25, 0.3) is 0 Å². The molecule has 0 amide bonds. The second-order valence-electron chi connectivity index (χ2n) is 16.7. The van der Waals surface area contributed by atoms with E-state index in [1.807, 2.05) is 0 Å². The standard InChI is InChI=1S/C39H78N6O3/c1-29(10-4-20-45(21-5-15-40)22-6-16-41)32-11-12-33-37-34(28-36(39(32,33)3)48-25-9-19-44)38(2)14-13-31(46-23-7-17-42)26-30(38)27-35(37)47-24-8-18-43/h29-37H,4-28,40-44H2,1-3H3/t29-,30?,31-,32-,33+,34+,35-,36+,37?,38+,39?/m1/s1. The zero-order valence-electron chi connectivity index (χ0n) is 31.4. The quantitative estimate of drug-likeness (QED) is 0.0982. The lowest BCUT2D eigenvalue weighted by Gasteiger charge is -2.65. The molecule has 0 aromatic carbocycles. The van der Waals surface area contributed by atoms with E-state index in [4.69, 9.17) is 42.9 Å². The van der Waals surface area contributed by atoms with E-state index in [9.17, 15) is 0 Å². The van der Waals surface area contributed by atoms with Gasteiger partial charge in [-0.05, 0) is 183 Å². The molecule has 0 aliphatic heterocycles. The maximum absolute atomic E-state index is 7.04. The highest BCUT2D eigenvalue weighted by atomic mass is 16.5. The highest BCUT2D eigenvalue weighted by Gasteiger charge is 2.66. The molecule has 0 saturated heterocycles. The molecule has 0 aromatic rings. The summed E-state index contributed by atoms with van der Waals surface area (Å²) in [4.78, 5) is 2.59. The van der Waals surface area contributed by atoms with Gasteiger partial charge in [-0.25, -0.2) is 0 Å². The molecule has 48 heavy (non-hydrogen) atoms. The van der Waals surface area contributed by atoms with Crippen LogP contribution in [0.2, 0.25) is 0 Å². The van der Waals surface area contributed by atoms with Crippen molar-refractivity contribution in [2.75, 3.05) is 72.2 Å². The summed E-state index contributed by atoms with van der Waals surface area (Å²) in [5.74, 6) is 3.75. The second-order valence-corrected chi connectivity index (χ2v) is 16.7. The molecule has 0 spiro atoms. The summed E-state index contributed by atoms with van der Waals surface area (Å²) in [6, 6.07) is 0. The Labute approximate surface area is 294 Å². The molecule has 9 heteroatoms. The Balaban J connectivity index is 1.55. The molecule has 3 unspecified atom stereocenters. The van der Waals surface area contributed by atoms with Gasteiger partial charge >= 0.3 is 0 Å². The van der Waals surface area contributed by atoms with Crippen molar-refractivity contribution >= 4 is 0 Å². The molecule has 0 bridgehead atoms. The zero-order valence-corrected chi connectivity index (χ0v) is 31.4. The number of hydrogen-bond donors (Lipinski definition) is 5. The van der Waals surface area contributed by atoms with Crippen molar-refractivity contribution in [3.05, 3.63) is 0 Å². The van der Waals surface area contributed by atoms with Gasteiger partial charge < -0.3 is 47.8 Å². The third-order valence-electron chi connectivity index (χ3n) is 14.0. The highest BCUT2D eigenvalue weighted by Crippen LogP contribution is 2.69. The van der Waals surface area contributed by atoms with Gasteiger partial charge in [-0.1, -0.05) is 20.8 Å². The molecule has 0 radical (unpaired) electrons. The van der Waals surface area contributed by atoms with E-state index in [-0.39, 0.29) is 11.5 Å². The Hall–Kier alpha value is -0.360. The number of fused-ring (bicyclic) bond motifs is 5. The fourth-order valence-electron chi connectivity index (χ4n) is 11.4. The molecule has 4 saturated carbocycles. The average Bonchev–Trinajstić information content (AvgIpc) is 3.44. The molecular formula is C39H78N6O3. The smallest absolute Gasteiger partial charge is 0.0637 e. The van der Waals surface area contributed by atoms with E-state index in [1.54, 1.807) is 0 Å². The van der Waals surface area contributed by atoms with Crippen molar-refractivity contribution < 1.29 is 14.2 Å². The largest absolute Gasteiger partial charge is 0.378 e. The molecule has 4 aliphatic rings. The summed E-state index contributed by atoms with van der Waals surface area (Å²) in [7, 11) is 0. The van der Waals surface area contributed by atoms with Gasteiger partial charge in [0.2, 0.25) is 0 Å². The van der Waals surface area contributed by atoms with Crippen LogP contribution < -0.4 is 28.7 Å². The summed E-state index contributed by atoms with van der Waals surface area (Å²) >= 11 is 0. The molecule has 4 rings (SSSR count). The van der Waals surface area contributed by atoms with Gasteiger partial charge in [-0.2, -0.15) is 0 Å². The summed E-state index contributed by atoms with van der Waals surface area (Å²) in [6.45, 7) is 17.0. The minimum absolute atomic E-state index is 0.148. The lowest BCUT2D eigenvalue weighted by atomic mass is 9.43. The van der Waals surface area contributed by atoms with Crippen LogP contribution in [-0.2, 0) is 14.2 Å². The summed E-state index contributed by atoms with van der Waals surface area (Å²) < 4.78 is 20.4. The first-order valence-corrected chi connectivity index (χ1v) is 20.4. The first kappa shape index (κ1) is 40.4. The van der Waals surface area contributed by atoms with E-state index in [0.29, 0.717) is 72.8 Å². The second kappa shape index (κ2) is 20.0. The van der Waals surface area contributed by atoms with Crippen LogP contribution in [0.1, 0.15) is 111 Å². The molecule has 11 atom stereocenters. The summed E-state index contributed by atoms with van der Waals surface area (Å²) in [5, 5.41) is 0. The topological polar surface area (TPSA) is 161 Å². The monoisotopic (exact) mass is 679 g/mol. The molecular weight excluding hydrogens is 600 g/mol. The minimum atomic E-state index is 0.148. The third kappa shape index (κ3) is 9.54. The average molecular weight is 679 g/mol. The van der Waals surface area contributed by atoms with Gasteiger partial charge in [-0.15, -0.1) is 0 Å². The predicted octanol–water partition coefficient (Wildman–Crippen LogP) is 4.48. The lowest BCUT2D eigenvalue weighted by molar-refractivity contribution is -0.227. The minimum Gasteiger partial charge on any atom is -0.378 e. The van der Waals surface area contributed by atoms with Gasteiger partial charge in [0.15, 0.2) is 0 Å². The third-order valence-corrected chi connectivity index (χ3v) is 14.0. The number of hydrogen-bond acceptors (Lipinski definition) is 9. The van der Waals surface area contributed by atoms with Gasteiger partial charge in [0, 0.05) is 25.2 Å². The van der Waals surface area contributed by atoms with Crippen molar-refractivity contribution in [2.24, 2.45) is 75.0 Å². The molecule has 4 fully saturated rings. The van der Waals surface area contributed by atoms with E-state index in [0.717, 1.165) is 110 Å². The Morgan fingerprint density at radius 1 is 0.667 bits per heavy atom. The van der Waals surface area contributed by atoms with Crippen LogP contribution >= 0.6 is 0 Å². The number of ether oxygens (including phenoxy) is 3. The molecule has 10 N–H and O–H groups in total. The van der Waals surface area contributed by atoms with E-state index >= 15 is 0 Å². The van der Waals surface area contributed by atoms with Gasteiger partial charge in [0.1, 0.15) is 0 Å². The normalized spacial score (nSPS) is 36.9. The maximum atomic E-state index is 7.04. The zero-order chi connectivity index (χ0) is 34.6. The summed E-state index contributed by atoms with van der Waals surface area (Å²) in [6.07, 6.45) is 16.8. The van der Waals surface area contributed by atoms with Crippen molar-refractivity contribution in [1.82, 2.24) is 4.90 Å². The van der Waals surface area contributed by atoms with Crippen LogP contribution in [0.5, 0.6) is 0 Å². The Morgan fingerprint density at radius 2 is 1.27 bits per heavy atom. The Morgan fingerprint density at radius 3 is 1.92 bits per heavy atom. The maximum Gasteiger partial charge on any atom is 0.0637 e. The van der Waals surface area contributed by atoms with E-state index in [1.165, 1.54) is 32.1 Å². The van der Waals surface area contributed by atoms with Crippen molar-refractivity contribution in [1.29, 1.82) is 0 Å². The van der Waals surface area contributed by atoms with Crippen molar-refractivity contribution in [2.45, 2.75) is 129 Å². The Kier molecular flexibility index (Phi) is 16.9. The Bertz CT molecular complexity index is 892. The fraction of sp³-hybridized carbons (Fsp3) is 1.00. The van der Waals surface area contributed by atoms with Crippen LogP contribution in [0.4, 0.5) is 0 Å². The molecule has 9 nitrogen and oxygen atoms in total. The van der Waals surface area contributed by atoms with Crippen molar-refractivity contribution in [3.8, 4) is 0 Å². The van der Waals surface area contributed by atoms with Gasteiger partial charge in [0.05, 0.1) is 18.3 Å². The van der Waals surface area contributed by atoms with Crippen LogP contribution in [-0.4, -0.2) is 95.4 Å². The molecule has 4 aliphatic carbocycles. The predicted molar refractivity (Wildman–Crippen MR) is 198 cm³/mol. The SMILES string of the molecule is C[C@H](CCCN(CCCN)CCCN)[C@H]1CC[C@H]2C3[C@H](OCCCN)CC4C[C@H](OCCCN)CC[C@]4(C)[C@H]3C[C@H](OCCCN)C12C. The molecule has 0 heterocycles. The van der Waals surface area contributed by atoms with Crippen LogP contribution in [0.3, 0.4) is 0 Å². The van der Waals surface area contributed by atoms with Gasteiger partial charge in [-0.3, -0.25) is 0 Å². The first-order chi connectivity index (χ1) is 23.3. The first-order valence-electron chi connectivity index (χ1n) is 20.4. The summed E-state index contributed by atoms with van der Waals surface area (Å²) in [5.41, 5.74) is 29.9. The van der Waals surface area contributed by atoms with E-state index < -0.39 is 0 Å². The molecule has 282 valence electrons. The number of rotatable bonds is 23. The van der Waals surface area contributed by atoms with Crippen LogP contribution in [0, 0.1) is 46.3 Å². The number of nitrogens with zero attached hydrogens (tertiary/aromatic N) is 1. The highest BCUT2D eigenvalue weighted by molar-refractivity contribution is 5.15. The van der Waals surface area contributed by atoms with Crippen LogP contribution in [0.25, 0.3) is 0 Å². The molecule has 0 aromatic heterocycles. The van der Waals surface area contributed by atoms with Crippen LogP contribution in [0.15, 0.2) is 0 Å².